The summed E-state index contributed by atoms with van der Waals surface area (Å²) in [5.41, 5.74) is 2.86. The maximum absolute atomic E-state index is 13.3. The van der Waals surface area contributed by atoms with Crippen LogP contribution in [0.25, 0.3) is 22.1 Å². The Morgan fingerprint density at radius 2 is 1.93 bits per heavy atom. The number of ether oxygens (including phenoxy) is 2. The molecule has 1 aliphatic rings. The number of benzene rings is 2. The van der Waals surface area contributed by atoms with Gasteiger partial charge in [0.1, 0.15) is 23.8 Å². The molecule has 0 N–H and O–H groups in total. The summed E-state index contributed by atoms with van der Waals surface area (Å²) >= 11 is 6.00. The number of rotatable bonds is 6. The first-order valence-corrected chi connectivity index (χ1v) is 10.6. The monoisotopic (exact) mass is 427 g/mol. The largest absolute Gasteiger partial charge is 0.478 e. The van der Waals surface area contributed by atoms with E-state index in [-0.39, 0.29) is 11.5 Å². The van der Waals surface area contributed by atoms with Crippen LogP contribution in [0.2, 0.25) is 5.02 Å². The molecule has 0 saturated heterocycles. The lowest BCUT2D eigenvalue weighted by Crippen LogP contribution is -2.33. The molecule has 0 radical (unpaired) electrons. The molecule has 0 saturated carbocycles. The molecule has 0 bridgehead atoms. The zero-order valence-electron chi connectivity index (χ0n) is 17.5. The number of halogens is 1. The standard InChI is InChI=1S/C24H26ClNO4/c1-15(2)28-12-4-11-26-13-20-21(29-14-26)10-9-19-23(27)22(16(3)30-24(19)20)17-5-7-18(25)8-6-17/h5-10,15H,4,11-14H2,1-3H3. The summed E-state index contributed by atoms with van der Waals surface area (Å²) in [5.74, 6) is 1.37. The quantitative estimate of drug-likeness (QED) is 0.494. The molecular weight excluding hydrogens is 402 g/mol. The van der Waals surface area contributed by atoms with Gasteiger partial charge in [0.05, 0.1) is 22.6 Å². The minimum atomic E-state index is -0.0404. The lowest BCUT2D eigenvalue weighted by atomic mass is 10.0. The van der Waals surface area contributed by atoms with Gasteiger partial charge < -0.3 is 13.9 Å². The maximum Gasteiger partial charge on any atom is 0.200 e. The number of hydrogen-bond donors (Lipinski definition) is 0. The van der Waals surface area contributed by atoms with Crippen LogP contribution >= 0.6 is 11.6 Å². The number of fused-ring (bicyclic) bond motifs is 3. The molecule has 2 aromatic carbocycles. The molecule has 0 aliphatic carbocycles. The van der Waals surface area contributed by atoms with Gasteiger partial charge in [0.15, 0.2) is 0 Å². The van der Waals surface area contributed by atoms with Crippen molar-refractivity contribution in [2.45, 2.75) is 39.8 Å². The third-order valence-electron chi connectivity index (χ3n) is 5.28. The molecule has 1 aromatic heterocycles. The Balaban J connectivity index is 1.66. The van der Waals surface area contributed by atoms with Gasteiger partial charge >= 0.3 is 0 Å². The van der Waals surface area contributed by atoms with Gasteiger partial charge in [-0.3, -0.25) is 9.69 Å². The molecule has 5 nitrogen and oxygen atoms in total. The highest BCUT2D eigenvalue weighted by atomic mass is 35.5. The highest BCUT2D eigenvalue weighted by molar-refractivity contribution is 6.30. The third kappa shape index (κ3) is 4.24. The molecule has 158 valence electrons. The van der Waals surface area contributed by atoms with E-state index in [1.54, 1.807) is 18.2 Å². The Labute approximate surface area is 181 Å². The molecule has 1 aliphatic heterocycles. The summed E-state index contributed by atoms with van der Waals surface area (Å²) in [5, 5.41) is 1.20. The van der Waals surface area contributed by atoms with Gasteiger partial charge in [-0.15, -0.1) is 0 Å². The van der Waals surface area contributed by atoms with Crippen LogP contribution in [0.4, 0.5) is 0 Å². The van der Waals surface area contributed by atoms with Crippen LogP contribution in [0.1, 0.15) is 31.6 Å². The lowest BCUT2D eigenvalue weighted by molar-refractivity contribution is 0.0525. The zero-order valence-corrected chi connectivity index (χ0v) is 18.3. The van der Waals surface area contributed by atoms with E-state index in [0.29, 0.717) is 40.6 Å². The van der Waals surface area contributed by atoms with Gasteiger partial charge in [-0.05, 0) is 57.0 Å². The molecule has 6 heteroatoms. The van der Waals surface area contributed by atoms with Gasteiger partial charge in [-0.1, -0.05) is 23.7 Å². The maximum atomic E-state index is 13.3. The average Bonchev–Trinajstić information content (AvgIpc) is 2.72. The van der Waals surface area contributed by atoms with Crippen LogP contribution in [0, 0.1) is 6.92 Å². The second-order valence-corrected chi connectivity index (χ2v) is 8.32. The number of nitrogens with zero attached hydrogens (tertiary/aromatic N) is 1. The van der Waals surface area contributed by atoms with Crippen molar-refractivity contribution in [3.8, 4) is 16.9 Å². The van der Waals surface area contributed by atoms with Crippen LogP contribution in [0.15, 0.2) is 45.6 Å². The van der Waals surface area contributed by atoms with Gasteiger partial charge in [0.25, 0.3) is 0 Å². The van der Waals surface area contributed by atoms with Crippen molar-refractivity contribution >= 4 is 22.6 Å². The van der Waals surface area contributed by atoms with Crippen LogP contribution < -0.4 is 10.2 Å². The van der Waals surface area contributed by atoms with Crippen molar-refractivity contribution in [3.05, 3.63) is 63.0 Å². The Bertz CT molecular complexity index is 1100. The highest BCUT2D eigenvalue weighted by Crippen LogP contribution is 2.34. The van der Waals surface area contributed by atoms with Crippen molar-refractivity contribution in [3.63, 3.8) is 0 Å². The molecule has 2 heterocycles. The van der Waals surface area contributed by atoms with Crippen LogP contribution in [-0.4, -0.2) is 30.9 Å². The van der Waals surface area contributed by atoms with Crippen LogP contribution in [-0.2, 0) is 11.3 Å². The summed E-state index contributed by atoms with van der Waals surface area (Å²) in [4.78, 5) is 15.5. The van der Waals surface area contributed by atoms with Gasteiger partial charge in [-0.25, -0.2) is 0 Å². The fraction of sp³-hybridized carbons (Fsp3) is 0.375. The van der Waals surface area contributed by atoms with Gasteiger partial charge in [-0.2, -0.15) is 0 Å². The summed E-state index contributed by atoms with van der Waals surface area (Å²) in [6.45, 7) is 8.67. The van der Waals surface area contributed by atoms with E-state index in [0.717, 1.165) is 36.4 Å². The van der Waals surface area contributed by atoms with Crippen molar-refractivity contribution in [1.29, 1.82) is 0 Å². The molecule has 0 unspecified atom stereocenters. The minimum Gasteiger partial charge on any atom is -0.478 e. The van der Waals surface area contributed by atoms with E-state index in [1.165, 1.54) is 0 Å². The first-order chi connectivity index (χ1) is 14.4. The first-order valence-electron chi connectivity index (χ1n) is 10.3. The van der Waals surface area contributed by atoms with E-state index >= 15 is 0 Å². The van der Waals surface area contributed by atoms with Gasteiger partial charge in [0.2, 0.25) is 5.43 Å². The van der Waals surface area contributed by atoms with Gasteiger partial charge in [0, 0.05) is 24.7 Å². The predicted octanol–water partition coefficient (Wildman–Crippen LogP) is 5.39. The van der Waals surface area contributed by atoms with E-state index in [9.17, 15) is 4.79 Å². The van der Waals surface area contributed by atoms with Crippen molar-refractivity contribution in [2.75, 3.05) is 19.9 Å². The van der Waals surface area contributed by atoms with Crippen molar-refractivity contribution < 1.29 is 13.9 Å². The first kappa shape index (κ1) is 20.9. The molecule has 0 fully saturated rings. The summed E-state index contributed by atoms with van der Waals surface area (Å²) in [7, 11) is 0. The predicted molar refractivity (Wildman–Crippen MR) is 119 cm³/mol. The summed E-state index contributed by atoms with van der Waals surface area (Å²) < 4.78 is 17.8. The zero-order chi connectivity index (χ0) is 21.3. The van der Waals surface area contributed by atoms with Crippen molar-refractivity contribution in [2.24, 2.45) is 0 Å². The van der Waals surface area contributed by atoms with E-state index in [2.05, 4.69) is 4.90 Å². The molecule has 0 atom stereocenters. The Morgan fingerprint density at radius 1 is 1.17 bits per heavy atom. The Kier molecular flexibility index (Phi) is 6.14. The molecule has 0 amide bonds. The minimum absolute atomic E-state index is 0.0404. The molecule has 4 rings (SSSR count). The fourth-order valence-electron chi connectivity index (χ4n) is 3.82. The third-order valence-corrected chi connectivity index (χ3v) is 5.54. The van der Waals surface area contributed by atoms with Crippen LogP contribution in [0.5, 0.6) is 5.75 Å². The topological polar surface area (TPSA) is 51.9 Å². The van der Waals surface area contributed by atoms with E-state index in [1.807, 2.05) is 39.0 Å². The molecular formula is C24H26ClNO4. The fourth-order valence-corrected chi connectivity index (χ4v) is 3.95. The summed E-state index contributed by atoms with van der Waals surface area (Å²) in [6, 6.07) is 10.9. The van der Waals surface area contributed by atoms with E-state index in [4.69, 9.17) is 25.5 Å². The molecule has 3 aromatic rings. The van der Waals surface area contributed by atoms with E-state index < -0.39 is 0 Å². The normalized spacial score (nSPS) is 14.2. The lowest BCUT2D eigenvalue weighted by Gasteiger charge is -2.29. The second kappa shape index (κ2) is 8.80. The Hall–Kier alpha value is -2.34. The average molecular weight is 428 g/mol. The SMILES string of the molecule is Cc1oc2c3c(ccc2c(=O)c1-c1ccc(Cl)cc1)OCN(CCCOC(C)C)C3. The number of hydrogen-bond acceptors (Lipinski definition) is 5. The van der Waals surface area contributed by atoms with Crippen molar-refractivity contribution in [1.82, 2.24) is 4.90 Å². The number of aryl methyl sites for hydroxylation is 1. The molecule has 30 heavy (non-hydrogen) atoms. The summed E-state index contributed by atoms with van der Waals surface area (Å²) in [6.07, 6.45) is 1.16. The Morgan fingerprint density at radius 3 is 2.67 bits per heavy atom. The van der Waals surface area contributed by atoms with Crippen LogP contribution in [0.3, 0.4) is 0 Å². The molecule has 0 spiro atoms. The smallest absolute Gasteiger partial charge is 0.200 e. The highest BCUT2D eigenvalue weighted by Gasteiger charge is 2.23. The second-order valence-electron chi connectivity index (χ2n) is 7.89.